The number of carbonyl (C=O) groups is 1. The van der Waals surface area contributed by atoms with Crippen LogP contribution in [0.4, 0.5) is 0 Å². The van der Waals surface area contributed by atoms with Crippen LogP contribution in [0.5, 0.6) is 11.5 Å². The summed E-state index contributed by atoms with van der Waals surface area (Å²) in [6.07, 6.45) is 2.15. The van der Waals surface area contributed by atoms with Gasteiger partial charge in [0.05, 0.1) is 36.5 Å². The molecule has 1 atom stereocenters. The van der Waals surface area contributed by atoms with Gasteiger partial charge in [0.1, 0.15) is 23.6 Å². The average Bonchev–Trinajstić information content (AvgIpc) is 2.79. The third-order valence-electron chi connectivity index (χ3n) is 4.68. The molecule has 0 spiro atoms. The smallest absolute Gasteiger partial charge is 0.251 e. The molecule has 0 fully saturated rings. The molecule has 0 aromatic heterocycles. The van der Waals surface area contributed by atoms with Crippen LogP contribution < -0.4 is 14.8 Å². The molecule has 32 heavy (non-hydrogen) atoms. The Morgan fingerprint density at radius 3 is 2.41 bits per heavy atom. The van der Waals surface area contributed by atoms with E-state index in [1.54, 1.807) is 24.3 Å². The van der Waals surface area contributed by atoms with Crippen molar-refractivity contribution < 1.29 is 19.4 Å². The molecule has 0 radical (unpaired) electrons. The van der Waals surface area contributed by atoms with Gasteiger partial charge in [-0.1, -0.05) is 19.4 Å². The molecule has 168 valence electrons. The van der Waals surface area contributed by atoms with Gasteiger partial charge in [-0.2, -0.15) is 10.5 Å². The van der Waals surface area contributed by atoms with E-state index in [2.05, 4.69) is 18.3 Å². The maximum absolute atomic E-state index is 12.7. The van der Waals surface area contributed by atoms with E-state index >= 15 is 0 Å². The van der Waals surface area contributed by atoms with Crippen LogP contribution in [0.25, 0.3) is 0 Å². The number of unbranched alkanes of at least 4 members (excludes halogenated alkanes) is 1. The Kier molecular flexibility index (Phi) is 9.53. The summed E-state index contributed by atoms with van der Waals surface area (Å²) in [5.41, 5.74) is 1.78. The Hall–Kier alpha value is -3.55. The topological polar surface area (TPSA) is 115 Å². The second-order valence-electron chi connectivity index (χ2n) is 7.69. The molecule has 7 heteroatoms. The fraction of sp³-hybridized carbons (Fsp3) is 0.400. The summed E-state index contributed by atoms with van der Waals surface area (Å²) >= 11 is 0. The van der Waals surface area contributed by atoms with Gasteiger partial charge in [-0.25, -0.2) is 0 Å². The summed E-state index contributed by atoms with van der Waals surface area (Å²) in [6, 6.07) is 13.5. The molecule has 0 bridgehead atoms. The van der Waals surface area contributed by atoms with Gasteiger partial charge in [-0.15, -0.1) is 0 Å². The van der Waals surface area contributed by atoms with Crippen LogP contribution in [0.15, 0.2) is 36.4 Å². The third-order valence-corrected chi connectivity index (χ3v) is 4.68. The number of hydrogen-bond acceptors (Lipinski definition) is 6. The number of nitrogens with one attached hydrogen (secondary N) is 1. The molecule has 2 aromatic carbocycles. The monoisotopic (exact) mass is 435 g/mol. The van der Waals surface area contributed by atoms with Gasteiger partial charge >= 0.3 is 0 Å². The zero-order valence-electron chi connectivity index (χ0n) is 18.7. The first kappa shape index (κ1) is 24.7. The van der Waals surface area contributed by atoms with E-state index in [-0.39, 0.29) is 18.3 Å². The Labute approximate surface area is 189 Å². The van der Waals surface area contributed by atoms with Crippen LogP contribution in [0.3, 0.4) is 0 Å². The van der Waals surface area contributed by atoms with Crippen molar-refractivity contribution in [2.75, 3.05) is 13.2 Å². The van der Waals surface area contributed by atoms with Crippen LogP contribution in [-0.4, -0.2) is 36.4 Å². The lowest BCUT2D eigenvalue weighted by Crippen LogP contribution is -2.39. The first-order chi connectivity index (χ1) is 15.4. The van der Waals surface area contributed by atoms with Crippen LogP contribution >= 0.6 is 0 Å². The molecule has 2 aromatic rings. The van der Waals surface area contributed by atoms with E-state index in [0.29, 0.717) is 35.7 Å². The van der Waals surface area contributed by atoms with Gasteiger partial charge in [0.25, 0.3) is 5.91 Å². The molecule has 1 unspecified atom stereocenters. The summed E-state index contributed by atoms with van der Waals surface area (Å²) in [7, 11) is 0. The summed E-state index contributed by atoms with van der Waals surface area (Å²) in [4.78, 5) is 12.7. The molecule has 0 saturated carbocycles. The van der Waals surface area contributed by atoms with Crippen molar-refractivity contribution in [3.63, 3.8) is 0 Å². The number of nitriles is 2. The highest BCUT2D eigenvalue weighted by molar-refractivity contribution is 5.95. The van der Waals surface area contributed by atoms with E-state index in [1.165, 1.54) is 6.07 Å². The fourth-order valence-corrected chi connectivity index (χ4v) is 3.07. The van der Waals surface area contributed by atoms with Crippen molar-refractivity contribution >= 4 is 5.91 Å². The van der Waals surface area contributed by atoms with E-state index in [9.17, 15) is 20.4 Å². The van der Waals surface area contributed by atoms with Crippen LogP contribution in [0, 0.1) is 22.7 Å². The molecule has 0 heterocycles. The van der Waals surface area contributed by atoms with Crippen molar-refractivity contribution in [1.29, 1.82) is 10.5 Å². The molecule has 0 aliphatic rings. The van der Waals surface area contributed by atoms with Gasteiger partial charge in [-0.3, -0.25) is 4.79 Å². The van der Waals surface area contributed by atoms with E-state index in [0.717, 1.165) is 18.4 Å². The van der Waals surface area contributed by atoms with Crippen molar-refractivity contribution in [3.05, 3.63) is 58.7 Å². The average molecular weight is 436 g/mol. The number of aliphatic hydroxyl groups is 1. The minimum Gasteiger partial charge on any atom is -0.492 e. The molecule has 1 amide bonds. The van der Waals surface area contributed by atoms with Crippen molar-refractivity contribution in [2.45, 2.75) is 52.2 Å². The third kappa shape index (κ3) is 7.01. The number of amides is 1. The summed E-state index contributed by atoms with van der Waals surface area (Å²) in [6.45, 7) is 6.05. The zero-order valence-corrected chi connectivity index (χ0v) is 18.7. The molecular weight excluding hydrogens is 406 g/mol. The number of nitrogens with zero attached hydrogens (tertiary/aromatic N) is 2. The maximum atomic E-state index is 12.7. The number of benzene rings is 2. The lowest BCUT2D eigenvalue weighted by Gasteiger charge is -2.18. The number of rotatable bonds is 11. The van der Waals surface area contributed by atoms with Gasteiger partial charge in [0.15, 0.2) is 0 Å². The molecule has 0 saturated heterocycles. The SMILES string of the molecule is CCCCOc1ccc(CC(CO)NC(=O)c2ccc(OC(C)C)c(C#N)c2)cc1C#N. The van der Waals surface area contributed by atoms with Crippen LogP contribution in [-0.2, 0) is 6.42 Å². The van der Waals surface area contributed by atoms with Gasteiger partial charge in [0.2, 0.25) is 0 Å². The van der Waals surface area contributed by atoms with E-state index in [1.807, 2.05) is 26.0 Å². The Morgan fingerprint density at radius 1 is 1.09 bits per heavy atom. The second-order valence-corrected chi connectivity index (χ2v) is 7.69. The fourth-order valence-electron chi connectivity index (χ4n) is 3.07. The molecule has 0 aliphatic carbocycles. The predicted octanol–water partition coefficient (Wildman–Crippen LogP) is 3.73. The molecule has 2 N–H and O–H groups in total. The first-order valence-electron chi connectivity index (χ1n) is 10.7. The quantitative estimate of drug-likeness (QED) is 0.520. The molecule has 0 aliphatic heterocycles. The minimum absolute atomic E-state index is 0.0951. The number of aliphatic hydroxyl groups excluding tert-OH is 1. The second kappa shape index (κ2) is 12.3. The standard InChI is InChI=1S/C25H29N3O4/c1-4-5-10-31-23-8-6-18(11-20(23)14-26)12-22(16-29)28-25(30)19-7-9-24(32-17(2)3)21(13-19)15-27/h6-9,11,13,17,22,29H,4-5,10,12,16H2,1-3H3,(H,28,30). The molecular formula is C25H29N3O4. The van der Waals surface area contributed by atoms with Gasteiger partial charge in [0, 0.05) is 5.56 Å². The number of hydrogen-bond donors (Lipinski definition) is 2. The Bertz CT molecular complexity index is 1010. The molecule has 2 rings (SSSR count). The summed E-state index contributed by atoms with van der Waals surface area (Å²) in [5.74, 6) is 0.543. The Morgan fingerprint density at radius 2 is 1.78 bits per heavy atom. The highest BCUT2D eigenvalue weighted by Crippen LogP contribution is 2.22. The van der Waals surface area contributed by atoms with Crippen LogP contribution in [0.2, 0.25) is 0 Å². The molecule has 7 nitrogen and oxygen atoms in total. The maximum Gasteiger partial charge on any atom is 0.251 e. The van der Waals surface area contributed by atoms with Crippen molar-refractivity contribution in [2.24, 2.45) is 0 Å². The first-order valence-corrected chi connectivity index (χ1v) is 10.7. The highest BCUT2D eigenvalue weighted by atomic mass is 16.5. The normalized spacial score (nSPS) is 11.3. The van der Waals surface area contributed by atoms with E-state index in [4.69, 9.17) is 9.47 Å². The zero-order chi connectivity index (χ0) is 23.5. The number of carbonyl (C=O) groups excluding carboxylic acids is 1. The predicted molar refractivity (Wildman–Crippen MR) is 121 cm³/mol. The van der Waals surface area contributed by atoms with Crippen LogP contribution in [0.1, 0.15) is 60.7 Å². The van der Waals surface area contributed by atoms with Crippen molar-refractivity contribution in [1.82, 2.24) is 5.32 Å². The lowest BCUT2D eigenvalue weighted by molar-refractivity contribution is 0.0916. The van der Waals surface area contributed by atoms with E-state index < -0.39 is 11.9 Å². The van der Waals surface area contributed by atoms with Crippen molar-refractivity contribution in [3.8, 4) is 23.6 Å². The largest absolute Gasteiger partial charge is 0.492 e. The summed E-state index contributed by atoms with van der Waals surface area (Å²) < 4.78 is 11.2. The summed E-state index contributed by atoms with van der Waals surface area (Å²) in [5, 5.41) is 31.3. The van der Waals surface area contributed by atoms with Gasteiger partial charge in [-0.05, 0) is 62.6 Å². The minimum atomic E-state index is -0.557. The Balaban J connectivity index is 2.10. The lowest BCUT2D eigenvalue weighted by atomic mass is 10.0. The highest BCUT2D eigenvalue weighted by Gasteiger charge is 2.17. The number of ether oxygens (including phenoxy) is 2. The van der Waals surface area contributed by atoms with Gasteiger partial charge < -0.3 is 19.9 Å².